The van der Waals surface area contributed by atoms with Gasteiger partial charge in [0.25, 0.3) is 0 Å². The Morgan fingerprint density at radius 2 is 1.80 bits per heavy atom. The maximum absolute atomic E-state index is 14.1. The molecule has 1 fully saturated rings. The summed E-state index contributed by atoms with van der Waals surface area (Å²) in [6, 6.07) is 12.7. The van der Waals surface area contributed by atoms with E-state index in [9.17, 15) is 13.6 Å². The second-order valence-corrected chi connectivity index (χ2v) is 9.77. The maximum Gasteiger partial charge on any atom is 0.320 e. The molecular formula is C29H31F2N7O3. The van der Waals surface area contributed by atoms with Gasteiger partial charge in [-0.1, -0.05) is 24.3 Å². The lowest BCUT2D eigenvalue weighted by atomic mass is 9.94. The smallest absolute Gasteiger partial charge is 0.320 e. The fourth-order valence-electron chi connectivity index (χ4n) is 5.04. The van der Waals surface area contributed by atoms with Crippen molar-refractivity contribution >= 4 is 11.8 Å². The quantitative estimate of drug-likeness (QED) is 0.315. The van der Waals surface area contributed by atoms with Crippen LogP contribution in [0, 0.1) is 18.6 Å². The molecule has 0 radical (unpaired) electrons. The third kappa shape index (κ3) is 6.18. The summed E-state index contributed by atoms with van der Waals surface area (Å²) in [6.45, 7) is 4.09. The molecule has 3 heterocycles. The minimum absolute atomic E-state index is 0.235. The first-order chi connectivity index (χ1) is 19.9. The van der Waals surface area contributed by atoms with Crippen LogP contribution in [0.1, 0.15) is 17.0 Å². The number of halogens is 2. The summed E-state index contributed by atoms with van der Waals surface area (Å²) in [7, 11) is 3.11. The number of carbonyl (C=O) groups is 1. The highest BCUT2D eigenvalue weighted by Crippen LogP contribution is 2.31. The molecule has 1 saturated heterocycles. The Hall–Kier alpha value is -4.42. The van der Waals surface area contributed by atoms with Crippen molar-refractivity contribution in [2.75, 3.05) is 45.8 Å². The molecule has 0 bridgehead atoms. The minimum Gasteiger partial charge on any atom is -0.467 e. The largest absolute Gasteiger partial charge is 0.467 e. The summed E-state index contributed by atoms with van der Waals surface area (Å²) in [6.07, 6.45) is 3.22. The van der Waals surface area contributed by atoms with E-state index in [-0.39, 0.29) is 18.0 Å². The summed E-state index contributed by atoms with van der Waals surface area (Å²) in [5.74, 6) is -1.61. The number of likely N-dealkylation sites (tertiary alicyclic amines) is 1. The number of amides is 2. The van der Waals surface area contributed by atoms with Crippen molar-refractivity contribution in [3.8, 4) is 23.0 Å². The molecule has 0 spiro atoms. The van der Waals surface area contributed by atoms with Crippen molar-refractivity contribution < 1.29 is 23.0 Å². The van der Waals surface area contributed by atoms with Gasteiger partial charge < -0.3 is 14.8 Å². The molecule has 0 unspecified atom stereocenters. The van der Waals surface area contributed by atoms with Crippen molar-refractivity contribution in [2.45, 2.75) is 18.9 Å². The van der Waals surface area contributed by atoms with Crippen LogP contribution < -0.4 is 15.4 Å². The van der Waals surface area contributed by atoms with Crippen LogP contribution in [0.25, 0.3) is 16.9 Å². The van der Waals surface area contributed by atoms with Crippen molar-refractivity contribution in [1.29, 1.82) is 0 Å². The van der Waals surface area contributed by atoms with E-state index in [2.05, 4.69) is 25.5 Å². The number of nitrogens with zero attached hydrogens (tertiary/aromatic N) is 5. The van der Waals surface area contributed by atoms with Crippen LogP contribution in [0.5, 0.6) is 6.01 Å². The first kappa shape index (κ1) is 28.1. The van der Waals surface area contributed by atoms with Gasteiger partial charge in [-0.3, -0.25) is 10.2 Å². The molecule has 0 saturated carbocycles. The number of nitrogens with one attached hydrogen (secondary N) is 2. The summed E-state index contributed by atoms with van der Waals surface area (Å²) in [5, 5.41) is 10.8. The number of hydrogen-bond donors (Lipinski definition) is 2. The van der Waals surface area contributed by atoms with Gasteiger partial charge in [0.1, 0.15) is 11.5 Å². The van der Waals surface area contributed by atoms with E-state index in [1.54, 1.807) is 30.3 Å². The van der Waals surface area contributed by atoms with Crippen molar-refractivity contribution in [3.05, 3.63) is 83.7 Å². The summed E-state index contributed by atoms with van der Waals surface area (Å²) in [5.41, 5.74) is 3.32. The van der Waals surface area contributed by atoms with E-state index in [4.69, 9.17) is 14.6 Å². The third-order valence-electron chi connectivity index (χ3n) is 7.13. The fraction of sp³-hybridized carbons (Fsp3) is 0.310. The molecule has 5 rings (SSSR count). The number of ether oxygens (including phenoxy) is 2. The predicted octanol–water partition coefficient (Wildman–Crippen LogP) is 4.16. The van der Waals surface area contributed by atoms with Gasteiger partial charge in [-0.15, -0.1) is 0 Å². The van der Waals surface area contributed by atoms with E-state index in [1.165, 1.54) is 13.2 Å². The third-order valence-corrected chi connectivity index (χ3v) is 7.13. The zero-order valence-electron chi connectivity index (χ0n) is 23.0. The lowest BCUT2D eigenvalue weighted by molar-refractivity contribution is 0.159. The Bertz CT molecular complexity index is 1500. The van der Waals surface area contributed by atoms with Gasteiger partial charge in [0.05, 0.1) is 25.4 Å². The molecule has 214 valence electrons. The van der Waals surface area contributed by atoms with Gasteiger partial charge >= 0.3 is 12.0 Å². The number of para-hydroxylation sites is 1. The second-order valence-electron chi connectivity index (χ2n) is 9.77. The molecule has 2 N–H and O–H groups in total. The van der Waals surface area contributed by atoms with Crippen LogP contribution in [-0.2, 0) is 4.74 Å². The molecule has 12 heteroatoms. The highest BCUT2D eigenvalue weighted by Gasteiger charge is 2.35. The van der Waals surface area contributed by atoms with Crippen LogP contribution >= 0.6 is 0 Å². The number of carbonyl (C=O) groups excluding carboxylic acids is 1. The van der Waals surface area contributed by atoms with Crippen LogP contribution in [-0.4, -0.2) is 77.2 Å². The Morgan fingerprint density at radius 1 is 1.05 bits per heavy atom. The van der Waals surface area contributed by atoms with Gasteiger partial charge in [-0.05, 0) is 36.8 Å². The highest BCUT2D eigenvalue weighted by molar-refractivity contribution is 5.91. The molecule has 2 aromatic heterocycles. The van der Waals surface area contributed by atoms with Crippen LogP contribution in [0.15, 0.2) is 60.9 Å². The van der Waals surface area contributed by atoms with Crippen LogP contribution in [0.4, 0.5) is 19.4 Å². The number of urea groups is 1. The fourth-order valence-corrected chi connectivity index (χ4v) is 5.04. The molecular weight excluding hydrogens is 532 g/mol. The van der Waals surface area contributed by atoms with E-state index >= 15 is 0 Å². The van der Waals surface area contributed by atoms with E-state index in [0.29, 0.717) is 54.4 Å². The van der Waals surface area contributed by atoms with Gasteiger partial charge in [0.2, 0.25) is 0 Å². The van der Waals surface area contributed by atoms with Gasteiger partial charge in [-0.2, -0.15) is 5.10 Å². The van der Waals surface area contributed by atoms with Crippen molar-refractivity contribution in [2.24, 2.45) is 0 Å². The zero-order chi connectivity index (χ0) is 28.9. The topological polar surface area (TPSA) is 106 Å². The van der Waals surface area contributed by atoms with Crippen molar-refractivity contribution in [3.63, 3.8) is 0 Å². The SMILES string of the molecule is COCCN1C[C@@H](NC(=O)Nc2c(C)c(-c3cnc(OC)nc3)nn2-c2ccccc2)[C@H](c2ccc(F)c(F)c2)C1. The first-order valence-electron chi connectivity index (χ1n) is 13.1. The monoisotopic (exact) mass is 563 g/mol. The number of methoxy groups -OCH3 is 2. The molecule has 1 aliphatic heterocycles. The predicted molar refractivity (Wildman–Crippen MR) is 149 cm³/mol. The number of anilines is 1. The highest BCUT2D eigenvalue weighted by atomic mass is 19.2. The molecule has 4 aromatic rings. The summed E-state index contributed by atoms with van der Waals surface area (Å²) < 4.78 is 39.7. The molecule has 10 nitrogen and oxygen atoms in total. The second kappa shape index (κ2) is 12.4. The maximum atomic E-state index is 14.1. The Kier molecular flexibility index (Phi) is 8.50. The minimum atomic E-state index is -0.918. The molecule has 1 aliphatic rings. The lowest BCUT2D eigenvalue weighted by Crippen LogP contribution is -2.42. The van der Waals surface area contributed by atoms with Crippen molar-refractivity contribution in [1.82, 2.24) is 30.0 Å². The molecule has 2 atom stereocenters. The lowest BCUT2D eigenvalue weighted by Gasteiger charge is -2.21. The van der Waals surface area contributed by atoms with Gasteiger partial charge in [-0.25, -0.2) is 28.2 Å². The van der Waals surface area contributed by atoms with Crippen LogP contribution in [0.2, 0.25) is 0 Å². The number of rotatable bonds is 9. The molecule has 0 aliphatic carbocycles. The summed E-state index contributed by atoms with van der Waals surface area (Å²) in [4.78, 5) is 24.0. The molecule has 2 amide bonds. The van der Waals surface area contributed by atoms with Gasteiger partial charge in [0.15, 0.2) is 11.6 Å². The van der Waals surface area contributed by atoms with Gasteiger partial charge in [0, 0.05) is 56.2 Å². The van der Waals surface area contributed by atoms with E-state index in [0.717, 1.165) is 11.8 Å². The molecule has 2 aromatic carbocycles. The average molecular weight is 564 g/mol. The Balaban J connectivity index is 1.42. The van der Waals surface area contributed by atoms with E-state index < -0.39 is 17.7 Å². The Labute approximate surface area is 236 Å². The number of hydrogen-bond acceptors (Lipinski definition) is 7. The van der Waals surface area contributed by atoms with E-state index in [1.807, 2.05) is 37.3 Å². The summed E-state index contributed by atoms with van der Waals surface area (Å²) >= 11 is 0. The molecule has 41 heavy (non-hydrogen) atoms. The van der Waals surface area contributed by atoms with Crippen LogP contribution in [0.3, 0.4) is 0 Å². The number of benzene rings is 2. The normalized spacial score (nSPS) is 17.0. The zero-order valence-corrected chi connectivity index (χ0v) is 23.0. The number of aromatic nitrogens is 4. The average Bonchev–Trinajstić information content (AvgIpc) is 3.54. The Morgan fingerprint density at radius 3 is 2.49 bits per heavy atom. The first-order valence-corrected chi connectivity index (χ1v) is 13.1. The standard InChI is InChI=1S/C29H31F2N7O3/c1-18-26(20-14-32-29(41-3)33-15-20)36-38(21-7-5-4-6-8-21)27(18)35-28(39)34-25-17-37(11-12-40-2)16-22(25)19-9-10-23(30)24(31)13-19/h4-10,13-15,22,25H,11-12,16-17H2,1-3H3,(H2,34,35,39)/t22-,25+/m0/s1.